The maximum atomic E-state index is 2.26. The van der Waals surface area contributed by atoms with Gasteiger partial charge in [0.2, 0.25) is 0 Å². The van der Waals surface area contributed by atoms with Gasteiger partial charge in [0, 0.05) is 17.1 Å². The predicted molar refractivity (Wildman–Crippen MR) is 43.1 cm³/mol. The molecule has 0 saturated heterocycles. The van der Waals surface area contributed by atoms with E-state index < -0.39 is 0 Å². The van der Waals surface area contributed by atoms with E-state index in [4.69, 9.17) is 0 Å². The number of hydrogen-bond acceptors (Lipinski definition) is 0. The molecule has 0 N–H and O–H groups in total. The van der Waals surface area contributed by atoms with Gasteiger partial charge in [-0.1, -0.05) is 24.3 Å². The van der Waals surface area contributed by atoms with Crippen LogP contribution in [0.4, 0.5) is 0 Å². The van der Waals surface area contributed by atoms with Crippen LogP contribution < -0.4 is 0 Å². The summed E-state index contributed by atoms with van der Waals surface area (Å²) in [5, 5.41) is 0. The van der Waals surface area contributed by atoms with E-state index in [1.807, 2.05) is 0 Å². The van der Waals surface area contributed by atoms with Crippen molar-refractivity contribution < 1.29 is 17.1 Å². The number of hydrogen-bond donors (Lipinski definition) is 0. The summed E-state index contributed by atoms with van der Waals surface area (Å²) in [7, 11) is 0. The van der Waals surface area contributed by atoms with E-state index in [2.05, 4.69) is 24.3 Å². The van der Waals surface area contributed by atoms with E-state index in [1.165, 1.54) is 25.7 Å². The summed E-state index contributed by atoms with van der Waals surface area (Å²) in [5.41, 5.74) is 3.16. The van der Waals surface area contributed by atoms with Crippen molar-refractivity contribution in [1.29, 1.82) is 0 Å². The molecule has 1 aliphatic carbocycles. The number of rotatable bonds is 0. The van der Waals surface area contributed by atoms with E-state index in [-0.39, 0.29) is 17.1 Å². The number of aryl methyl sites for hydroxylation is 2. The van der Waals surface area contributed by atoms with Gasteiger partial charge >= 0.3 is 0 Å². The molecule has 1 radical (unpaired) electrons. The molecule has 0 amide bonds. The zero-order chi connectivity index (χ0) is 6.81. The first-order valence-corrected chi connectivity index (χ1v) is 4.03. The average Bonchev–Trinajstić information content (AvgIpc) is 2.05. The maximum Gasteiger partial charge on any atom is 0 e. The van der Waals surface area contributed by atoms with Crippen molar-refractivity contribution in [2.45, 2.75) is 25.7 Å². The van der Waals surface area contributed by atoms with E-state index in [1.54, 1.807) is 11.1 Å². The van der Waals surface area contributed by atoms with Gasteiger partial charge in [-0.25, -0.2) is 0 Å². The third kappa shape index (κ3) is 1.85. The normalized spacial score (nSPS) is 14.9. The molecule has 63 valence electrons. The molecule has 2 rings (SSSR count). The largest absolute Gasteiger partial charge is 0.0620 e. The van der Waals surface area contributed by atoms with Crippen molar-refractivity contribution in [3.05, 3.63) is 35.4 Å². The summed E-state index contributed by atoms with van der Waals surface area (Å²) in [6.45, 7) is 0. The van der Waals surface area contributed by atoms with E-state index in [9.17, 15) is 0 Å². The molecule has 1 aromatic rings. The number of benzene rings is 1. The van der Waals surface area contributed by atoms with E-state index in [0.717, 1.165) is 0 Å². The molecule has 0 fully saturated rings. The minimum Gasteiger partial charge on any atom is -0.0620 e. The monoisotopic (exact) mass is 195 g/mol. The molecule has 0 nitrogen and oxygen atoms in total. The first kappa shape index (κ1) is 8.83. The van der Waals surface area contributed by atoms with Crippen molar-refractivity contribution in [3.8, 4) is 0 Å². The average molecular weight is 196 g/mol. The fourth-order valence-electron chi connectivity index (χ4n) is 1.68. The number of fused-ring (bicyclic) bond motifs is 1. The Kier molecular flexibility index (Phi) is 3.16. The smallest absolute Gasteiger partial charge is 0 e. The molecular weight excluding hydrogens is 184 g/mol. The molecule has 0 aliphatic heterocycles. The molecule has 0 unspecified atom stereocenters. The topological polar surface area (TPSA) is 0 Å². The van der Waals surface area contributed by atoms with Gasteiger partial charge in [-0.15, -0.1) is 0 Å². The predicted octanol–water partition coefficient (Wildman–Crippen LogP) is 2.56. The SMILES string of the molecule is [Cu].c1ccc2c(c1)CCCC2. The van der Waals surface area contributed by atoms with Gasteiger partial charge < -0.3 is 0 Å². The van der Waals surface area contributed by atoms with Crippen LogP contribution in [0.25, 0.3) is 0 Å². The Morgan fingerprint density at radius 2 is 1.27 bits per heavy atom. The van der Waals surface area contributed by atoms with Gasteiger partial charge in [0.25, 0.3) is 0 Å². The quantitative estimate of drug-likeness (QED) is 0.559. The second-order valence-corrected chi connectivity index (χ2v) is 2.98. The Labute approximate surface area is 78.5 Å². The first-order valence-electron chi connectivity index (χ1n) is 4.03. The molecule has 1 aliphatic rings. The third-order valence-corrected chi connectivity index (χ3v) is 2.26. The van der Waals surface area contributed by atoms with Gasteiger partial charge in [0.05, 0.1) is 0 Å². The van der Waals surface area contributed by atoms with Crippen LogP contribution >= 0.6 is 0 Å². The Morgan fingerprint density at radius 1 is 0.818 bits per heavy atom. The summed E-state index contributed by atoms with van der Waals surface area (Å²) in [5.74, 6) is 0. The molecular formula is C10H12Cu. The third-order valence-electron chi connectivity index (χ3n) is 2.26. The maximum absolute atomic E-state index is 2.26. The fraction of sp³-hybridized carbons (Fsp3) is 0.400. The van der Waals surface area contributed by atoms with Gasteiger partial charge in [-0.2, -0.15) is 0 Å². The first-order chi connectivity index (χ1) is 4.97. The van der Waals surface area contributed by atoms with Crippen LogP contribution in [0, 0.1) is 0 Å². The molecule has 0 spiro atoms. The van der Waals surface area contributed by atoms with Crippen LogP contribution in [0.1, 0.15) is 24.0 Å². The van der Waals surface area contributed by atoms with Crippen molar-refractivity contribution in [2.75, 3.05) is 0 Å². The van der Waals surface area contributed by atoms with Crippen LogP contribution in [0.5, 0.6) is 0 Å². The Balaban J connectivity index is 0.000000605. The molecule has 0 heterocycles. The summed E-state index contributed by atoms with van der Waals surface area (Å²) >= 11 is 0. The molecule has 0 atom stereocenters. The van der Waals surface area contributed by atoms with Gasteiger partial charge in [0.15, 0.2) is 0 Å². The van der Waals surface area contributed by atoms with Crippen LogP contribution in [-0.4, -0.2) is 0 Å². The Morgan fingerprint density at radius 3 is 1.73 bits per heavy atom. The van der Waals surface area contributed by atoms with Crippen molar-refractivity contribution in [1.82, 2.24) is 0 Å². The second kappa shape index (κ2) is 3.94. The van der Waals surface area contributed by atoms with E-state index in [0.29, 0.717) is 0 Å². The summed E-state index contributed by atoms with van der Waals surface area (Å²) in [4.78, 5) is 0. The van der Waals surface area contributed by atoms with Crippen molar-refractivity contribution in [3.63, 3.8) is 0 Å². The molecule has 1 aromatic carbocycles. The molecule has 1 heteroatoms. The second-order valence-electron chi connectivity index (χ2n) is 2.98. The standard InChI is InChI=1S/C10H12.Cu/c1-2-6-10-8-4-3-7-9(10)5-1;/h1-2,5-6H,3-4,7-8H2;. The summed E-state index contributed by atoms with van der Waals surface area (Å²) in [6, 6.07) is 8.80. The molecule has 0 bridgehead atoms. The van der Waals surface area contributed by atoms with Crippen LogP contribution in [0.2, 0.25) is 0 Å². The zero-order valence-corrected chi connectivity index (χ0v) is 7.38. The van der Waals surface area contributed by atoms with E-state index >= 15 is 0 Å². The molecule has 0 saturated carbocycles. The van der Waals surface area contributed by atoms with Gasteiger partial charge in [-0.05, 0) is 36.8 Å². The Hall–Kier alpha value is -0.261. The van der Waals surface area contributed by atoms with Crippen LogP contribution in [-0.2, 0) is 29.9 Å². The minimum atomic E-state index is 0. The fourth-order valence-corrected chi connectivity index (χ4v) is 1.68. The molecule has 0 aromatic heterocycles. The minimum absolute atomic E-state index is 0. The van der Waals surface area contributed by atoms with Crippen molar-refractivity contribution in [2.24, 2.45) is 0 Å². The van der Waals surface area contributed by atoms with Crippen LogP contribution in [0.3, 0.4) is 0 Å². The zero-order valence-electron chi connectivity index (χ0n) is 6.44. The van der Waals surface area contributed by atoms with Gasteiger partial charge in [0.1, 0.15) is 0 Å². The Bertz CT molecular complexity index is 205. The van der Waals surface area contributed by atoms with Crippen LogP contribution in [0.15, 0.2) is 24.3 Å². The van der Waals surface area contributed by atoms with Crippen molar-refractivity contribution >= 4 is 0 Å². The summed E-state index contributed by atoms with van der Waals surface area (Å²) in [6.07, 6.45) is 5.38. The summed E-state index contributed by atoms with van der Waals surface area (Å²) < 4.78 is 0. The molecule has 11 heavy (non-hydrogen) atoms. The van der Waals surface area contributed by atoms with Gasteiger partial charge in [-0.3, -0.25) is 0 Å².